The van der Waals surface area contributed by atoms with Crippen molar-refractivity contribution in [3.05, 3.63) is 29.3 Å². The summed E-state index contributed by atoms with van der Waals surface area (Å²) in [5.41, 5.74) is 6.52. The number of amides is 1. The number of halogens is 2. The average Bonchev–Trinajstić information content (AvgIpc) is 3.08. The Balaban J connectivity index is 0.00000196. The maximum absolute atomic E-state index is 12.9. The number of para-hydroxylation sites is 1. The highest BCUT2D eigenvalue weighted by atomic mass is 35.5. The second-order valence-electron chi connectivity index (χ2n) is 7.10. The van der Waals surface area contributed by atoms with Gasteiger partial charge in [0.05, 0.1) is 5.02 Å². The molecule has 1 aromatic rings. The zero-order valence-electron chi connectivity index (χ0n) is 14.6. The van der Waals surface area contributed by atoms with Gasteiger partial charge < -0.3 is 15.0 Å². The molecule has 8 heteroatoms. The first-order chi connectivity index (χ1) is 12.2. The van der Waals surface area contributed by atoms with Gasteiger partial charge in [-0.15, -0.1) is 12.4 Å². The van der Waals surface area contributed by atoms with Gasteiger partial charge in [-0.3, -0.25) is 10.2 Å². The molecular formula is C18H26Cl2N4O2. The number of likely N-dealkylation sites (tertiary alicyclic amines) is 1. The van der Waals surface area contributed by atoms with Gasteiger partial charge in [-0.25, -0.2) is 5.43 Å². The van der Waals surface area contributed by atoms with Crippen molar-refractivity contribution in [3.8, 4) is 5.75 Å². The molecule has 1 aromatic carbocycles. The smallest absolute Gasteiger partial charge is 0.241 e. The lowest BCUT2D eigenvalue weighted by atomic mass is 9.88. The fourth-order valence-electron chi connectivity index (χ4n) is 4.07. The second-order valence-corrected chi connectivity index (χ2v) is 7.51. The summed E-state index contributed by atoms with van der Waals surface area (Å²) in [6.07, 6.45) is 2.85. The molecule has 0 spiro atoms. The number of nitrogens with one attached hydrogen (secondary N) is 3. The van der Waals surface area contributed by atoms with Crippen LogP contribution in [0.15, 0.2) is 24.3 Å². The van der Waals surface area contributed by atoms with E-state index >= 15 is 0 Å². The van der Waals surface area contributed by atoms with Gasteiger partial charge >= 0.3 is 0 Å². The molecule has 0 aliphatic carbocycles. The van der Waals surface area contributed by atoms with Gasteiger partial charge in [0.15, 0.2) is 0 Å². The minimum absolute atomic E-state index is 0. The summed E-state index contributed by atoms with van der Waals surface area (Å²) >= 11 is 6.16. The topological polar surface area (TPSA) is 65.6 Å². The van der Waals surface area contributed by atoms with Crippen molar-refractivity contribution >= 4 is 29.9 Å². The van der Waals surface area contributed by atoms with Crippen LogP contribution in [0.3, 0.4) is 0 Å². The van der Waals surface area contributed by atoms with Crippen molar-refractivity contribution in [3.63, 3.8) is 0 Å². The second kappa shape index (κ2) is 8.76. The highest BCUT2D eigenvalue weighted by molar-refractivity contribution is 6.32. The number of hydrazine groups is 1. The van der Waals surface area contributed by atoms with Crippen molar-refractivity contribution in [2.24, 2.45) is 5.92 Å². The van der Waals surface area contributed by atoms with Gasteiger partial charge in [0.1, 0.15) is 17.9 Å². The third-order valence-electron chi connectivity index (χ3n) is 5.53. The highest BCUT2D eigenvalue weighted by Crippen LogP contribution is 2.28. The predicted octanol–water partition coefficient (Wildman–Crippen LogP) is 1.59. The van der Waals surface area contributed by atoms with E-state index in [0.29, 0.717) is 17.0 Å². The zero-order valence-corrected chi connectivity index (χ0v) is 16.2. The van der Waals surface area contributed by atoms with Crippen molar-refractivity contribution < 1.29 is 9.53 Å². The lowest BCUT2D eigenvalue weighted by Gasteiger charge is -2.35. The minimum atomic E-state index is -0.126. The Labute approximate surface area is 165 Å². The molecule has 3 fully saturated rings. The van der Waals surface area contributed by atoms with Crippen LogP contribution >= 0.6 is 24.0 Å². The molecule has 0 radical (unpaired) electrons. The van der Waals surface area contributed by atoms with Crippen LogP contribution in [0.25, 0.3) is 0 Å². The summed E-state index contributed by atoms with van der Waals surface area (Å²) in [5.74, 6) is 1.27. The number of hydrogen-bond acceptors (Lipinski definition) is 5. The van der Waals surface area contributed by atoms with E-state index in [1.54, 1.807) is 0 Å². The van der Waals surface area contributed by atoms with Crippen molar-refractivity contribution in [1.29, 1.82) is 0 Å². The van der Waals surface area contributed by atoms with Crippen molar-refractivity contribution in [2.45, 2.75) is 37.5 Å². The number of ether oxygens (including phenoxy) is 1. The Hall–Kier alpha value is -1.05. The van der Waals surface area contributed by atoms with Crippen LogP contribution in [0.1, 0.15) is 19.3 Å². The van der Waals surface area contributed by atoms with Crippen molar-refractivity contribution in [2.75, 3.05) is 26.2 Å². The zero-order chi connectivity index (χ0) is 17.2. The number of carbonyl (C=O) groups excluding carboxylic acids is 1. The van der Waals surface area contributed by atoms with Crippen LogP contribution < -0.4 is 20.9 Å². The Kier molecular flexibility index (Phi) is 6.64. The molecule has 3 unspecified atom stereocenters. The summed E-state index contributed by atoms with van der Waals surface area (Å²) in [6.45, 7) is 3.38. The Bertz CT molecular complexity index is 625. The third-order valence-corrected chi connectivity index (χ3v) is 5.84. The van der Waals surface area contributed by atoms with E-state index in [9.17, 15) is 4.79 Å². The molecular weight excluding hydrogens is 375 g/mol. The van der Waals surface area contributed by atoms with E-state index < -0.39 is 0 Å². The molecule has 3 saturated heterocycles. The van der Waals surface area contributed by atoms with Crippen LogP contribution in [-0.2, 0) is 4.79 Å². The number of piperidine rings is 2. The predicted molar refractivity (Wildman–Crippen MR) is 104 cm³/mol. The molecule has 6 nitrogen and oxygen atoms in total. The molecule has 4 rings (SSSR count). The first-order valence-corrected chi connectivity index (χ1v) is 9.52. The SMILES string of the molecule is Cl.O=C(C1NNC2CCNCC21)N1CCC(Oc2ccccc2Cl)CC1. The molecule has 3 aliphatic rings. The average molecular weight is 401 g/mol. The lowest BCUT2D eigenvalue weighted by Crippen LogP contribution is -2.53. The van der Waals surface area contributed by atoms with E-state index in [4.69, 9.17) is 16.3 Å². The minimum Gasteiger partial charge on any atom is -0.489 e. The van der Waals surface area contributed by atoms with Crippen molar-refractivity contribution in [1.82, 2.24) is 21.1 Å². The summed E-state index contributed by atoms with van der Waals surface area (Å²) in [7, 11) is 0. The number of carbonyl (C=O) groups is 1. The quantitative estimate of drug-likeness (QED) is 0.718. The van der Waals surface area contributed by atoms with Gasteiger partial charge in [-0.05, 0) is 25.1 Å². The molecule has 3 heterocycles. The number of rotatable bonds is 3. The molecule has 1 amide bonds. The number of benzene rings is 1. The van der Waals surface area contributed by atoms with Crippen LogP contribution in [0.5, 0.6) is 5.75 Å². The molecule has 0 bridgehead atoms. The molecule has 3 atom stereocenters. The number of hydrogen-bond donors (Lipinski definition) is 3. The maximum Gasteiger partial charge on any atom is 0.241 e. The van der Waals surface area contributed by atoms with Gasteiger partial charge in [-0.2, -0.15) is 0 Å². The van der Waals surface area contributed by atoms with Crippen LogP contribution in [0.2, 0.25) is 5.02 Å². The van der Waals surface area contributed by atoms with E-state index in [-0.39, 0.29) is 30.5 Å². The van der Waals surface area contributed by atoms with Gasteiger partial charge in [0, 0.05) is 44.4 Å². The molecule has 3 aliphatic heterocycles. The fourth-order valence-corrected chi connectivity index (χ4v) is 4.25. The van der Waals surface area contributed by atoms with E-state index in [1.165, 1.54) is 0 Å². The van der Waals surface area contributed by atoms with E-state index in [1.807, 2.05) is 29.2 Å². The summed E-state index contributed by atoms with van der Waals surface area (Å²) in [5, 5.41) is 4.04. The first-order valence-electron chi connectivity index (χ1n) is 9.14. The van der Waals surface area contributed by atoms with Crippen LogP contribution in [-0.4, -0.2) is 55.2 Å². The maximum atomic E-state index is 12.9. The Morgan fingerprint density at radius 3 is 2.69 bits per heavy atom. The lowest BCUT2D eigenvalue weighted by molar-refractivity contribution is -0.136. The Morgan fingerprint density at radius 1 is 1.15 bits per heavy atom. The van der Waals surface area contributed by atoms with Gasteiger partial charge in [0.25, 0.3) is 0 Å². The van der Waals surface area contributed by atoms with Crippen LogP contribution in [0, 0.1) is 5.92 Å². The van der Waals surface area contributed by atoms with Gasteiger partial charge in [0.2, 0.25) is 5.91 Å². The Morgan fingerprint density at radius 2 is 1.92 bits per heavy atom. The number of fused-ring (bicyclic) bond motifs is 1. The molecule has 0 aromatic heterocycles. The first kappa shape index (κ1) is 19.7. The number of nitrogens with zero attached hydrogens (tertiary/aromatic N) is 1. The standard InChI is InChI=1S/C18H25ClN4O2.ClH/c19-14-3-1-2-4-16(14)25-12-6-9-23(10-7-12)18(24)17-13-11-20-8-5-15(13)21-22-17;/h1-4,12-13,15,17,20-22H,5-11H2;1H. The third kappa shape index (κ3) is 4.10. The van der Waals surface area contributed by atoms with E-state index in [0.717, 1.165) is 51.2 Å². The molecule has 0 saturated carbocycles. The monoisotopic (exact) mass is 400 g/mol. The summed E-state index contributed by atoms with van der Waals surface area (Å²) < 4.78 is 6.02. The molecule has 3 N–H and O–H groups in total. The van der Waals surface area contributed by atoms with E-state index in [2.05, 4.69) is 16.2 Å². The van der Waals surface area contributed by atoms with Gasteiger partial charge in [-0.1, -0.05) is 23.7 Å². The van der Waals surface area contributed by atoms with Crippen LogP contribution in [0.4, 0.5) is 0 Å². The molecule has 26 heavy (non-hydrogen) atoms. The fraction of sp³-hybridized carbons (Fsp3) is 0.611. The highest BCUT2D eigenvalue weighted by Gasteiger charge is 2.43. The normalized spacial score (nSPS) is 29.0. The largest absolute Gasteiger partial charge is 0.489 e. The molecule has 144 valence electrons. The summed E-state index contributed by atoms with van der Waals surface area (Å²) in [6, 6.07) is 7.82. The summed E-state index contributed by atoms with van der Waals surface area (Å²) in [4.78, 5) is 14.9.